The lowest BCUT2D eigenvalue weighted by Gasteiger charge is -2.07. The summed E-state index contributed by atoms with van der Waals surface area (Å²) in [5, 5.41) is 2.83. The zero-order valence-corrected chi connectivity index (χ0v) is 11.3. The van der Waals surface area contributed by atoms with Crippen LogP contribution in [0, 0.1) is 6.92 Å². The van der Waals surface area contributed by atoms with Crippen LogP contribution in [0.1, 0.15) is 35.4 Å². The first-order valence-electron chi connectivity index (χ1n) is 6.39. The van der Waals surface area contributed by atoms with Crippen LogP contribution in [0.2, 0.25) is 0 Å². The SMILES string of the molecule is CCCn1cc(N)cc1C(=O)NCc1ccc(C)o1. The zero-order valence-electron chi connectivity index (χ0n) is 11.3. The minimum atomic E-state index is -0.140. The number of amides is 1. The van der Waals surface area contributed by atoms with Crippen LogP contribution in [-0.2, 0) is 13.1 Å². The van der Waals surface area contributed by atoms with Crippen molar-refractivity contribution in [2.75, 3.05) is 5.73 Å². The van der Waals surface area contributed by atoms with Gasteiger partial charge in [-0.3, -0.25) is 4.79 Å². The first-order valence-corrected chi connectivity index (χ1v) is 6.39. The highest BCUT2D eigenvalue weighted by molar-refractivity contribution is 5.93. The third kappa shape index (κ3) is 3.19. The van der Waals surface area contributed by atoms with Gasteiger partial charge in [0.2, 0.25) is 0 Å². The Morgan fingerprint density at radius 3 is 2.89 bits per heavy atom. The predicted octanol–water partition coefficient (Wildman–Crippen LogP) is 2.31. The Labute approximate surface area is 112 Å². The van der Waals surface area contributed by atoms with Crippen molar-refractivity contribution >= 4 is 11.6 Å². The second-order valence-electron chi connectivity index (χ2n) is 4.55. The molecule has 3 N–H and O–H groups in total. The number of hydrogen-bond acceptors (Lipinski definition) is 3. The predicted molar refractivity (Wildman–Crippen MR) is 73.8 cm³/mol. The summed E-state index contributed by atoms with van der Waals surface area (Å²) in [4.78, 5) is 12.1. The molecule has 0 bridgehead atoms. The van der Waals surface area contributed by atoms with Crippen LogP contribution in [0.5, 0.6) is 0 Å². The van der Waals surface area contributed by atoms with Gasteiger partial charge in [0.1, 0.15) is 17.2 Å². The number of nitrogen functional groups attached to an aromatic ring is 1. The number of aromatic nitrogens is 1. The minimum absolute atomic E-state index is 0.140. The minimum Gasteiger partial charge on any atom is -0.465 e. The average molecular weight is 261 g/mol. The van der Waals surface area contributed by atoms with Crippen molar-refractivity contribution in [3.63, 3.8) is 0 Å². The monoisotopic (exact) mass is 261 g/mol. The first kappa shape index (κ1) is 13.3. The smallest absolute Gasteiger partial charge is 0.268 e. The summed E-state index contributed by atoms with van der Waals surface area (Å²) in [5.74, 6) is 1.44. The lowest BCUT2D eigenvalue weighted by Crippen LogP contribution is -2.25. The molecule has 5 nitrogen and oxygen atoms in total. The van der Waals surface area contributed by atoms with Crippen LogP contribution < -0.4 is 11.1 Å². The molecule has 0 saturated heterocycles. The summed E-state index contributed by atoms with van der Waals surface area (Å²) < 4.78 is 7.28. The number of carbonyl (C=O) groups excluding carboxylic acids is 1. The quantitative estimate of drug-likeness (QED) is 0.867. The number of aryl methyl sites for hydroxylation is 2. The van der Waals surface area contributed by atoms with E-state index in [1.54, 1.807) is 12.3 Å². The van der Waals surface area contributed by atoms with Gasteiger partial charge >= 0.3 is 0 Å². The molecular weight excluding hydrogens is 242 g/mol. The van der Waals surface area contributed by atoms with Gasteiger partial charge in [0.15, 0.2) is 0 Å². The van der Waals surface area contributed by atoms with E-state index in [1.165, 1.54) is 0 Å². The van der Waals surface area contributed by atoms with Crippen molar-refractivity contribution in [1.29, 1.82) is 0 Å². The van der Waals surface area contributed by atoms with Crippen LogP contribution >= 0.6 is 0 Å². The van der Waals surface area contributed by atoms with Gasteiger partial charge in [0, 0.05) is 12.7 Å². The topological polar surface area (TPSA) is 73.2 Å². The summed E-state index contributed by atoms with van der Waals surface area (Å²) in [5.41, 5.74) is 6.93. The Kier molecular flexibility index (Phi) is 3.94. The molecule has 5 heteroatoms. The van der Waals surface area contributed by atoms with E-state index in [0.29, 0.717) is 17.9 Å². The molecule has 0 aliphatic heterocycles. The Hall–Kier alpha value is -2.17. The molecule has 0 atom stereocenters. The third-order valence-corrected chi connectivity index (χ3v) is 2.83. The van der Waals surface area contributed by atoms with Crippen LogP contribution in [0.4, 0.5) is 5.69 Å². The lowest BCUT2D eigenvalue weighted by molar-refractivity contribution is 0.0938. The number of nitrogens with two attached hydrogens (primary N) is 1. The molecular formula is C14H19N3O2. The number of hydrogen-bond donors (Lipinski definition) is 2. The number of anilines is 1. The van der Waals surface area contributed by atoms with Gasteiger partial charge in [-0.05, 0) is 31.5 Å². The van der Waals surface area contributed by atoms with E-state index in [9.17, 15) is 4.79 Å². The highest BCUT2D eigenvalue weighted by Gasteiger charge is 2.12. The fourth-order valence-electron chi connectivity index (χ4n) is 1.99. The number of rotatable bonds is 5. The van der Waals surface area contributed by atoms with Crippen molar-refractivity contribution in [3.8, 4) is 0 Å². The van der Waals surface area contributed by atoms with Crippen LogP contribution in [-0.4, -0.2) is 10.5 Å². The molecule has 0 unspecified atom stereocenters. The van der Waals surface area contributed by atoms with Crippen molar-refractivity contribution in [2.45, 2.75) is 33.4 Å². The van der Waals surface area contributed by atoms with Gasteiger partial charge in [0.25, 0.3) is 5.91 Å². The second kappa shape index (κ2) is 5.65. The van der Waals surface area contributed by atoms with Crippen molar-refractivity contribution < 1.29 is 9.21 Å². The largest absolute Gasteiger partial charge is 0.465 e. The van der Waals surface area contributed by atoms with Crippen molar-refractivity contribution in [2.24, 2.45) is 0 Å². The summed E-state index contributed by atoms with van der Waals surface area (Å²) in [7, 11) is 0. The van der Waals surface area contributed by atoms with Gasteiger partial charge in [-0.15, -0.1) is 0 Å². The van der Waals surface area contributed by atoms with Crippen LogP contribution in [0.25, 0.3) is 0 Å². The van der Waals surface area contributed by atoms with E-state index in [2.05, 4.69) is 12.2 Å². The number of carbonyl (C=O) groups is 1. The molecule has 2 rings (SSSR count). The third-order valence-electron chi connectivity index (χ3n) is 2.83. The number of furan rings is 1. The average Bonchev–Trinajstić information content (AvgIpc) is 2.93. The molecule has 0 aromatic carbocycles. The van der Waals surface area contributed by atoms with E-state index in [-0.39, 0.29) is 5.91 Å². The standard InChI is InChI=1S/C14H19N3O2/c1-3-6-17-9-11(15)7-13(17)14(18)16-8-12-5-4-10(2)19-12/h4-5,7,9H,3,6,8,15H2,1-2H3,(H,16,18). The Bertz CT molecular complexity index is 569. The van der Waals surface area contributed by atoms with E-state index in [1.807, 2.05) is 23.6 Å². The number of nitrogens with one attached hydrogen (secondary N) is 1. The van der Waals surface area contributed by atoms with Gasteiger partial charge in [-0.1, -0.05) is 6.92 Å². The molecule has 0 spiro atoms. The highest BCUT2D eigenvalue weighted by atomic mass is 16.3. The molecule has 19 heavy (non-hydrogen) atoms. The fraction of sp³-hybridized carbons (Fsp3) is 0.357. The van der Waals surface area contributed by atoms with Crippen molar-refractivity contribution in [3.05, 3.63) is 41.6 Å². The molecule has 102 valence electrons. The summed E-state index contributed by atoms with van der Waals surface area (Å²) in [6.07, 6.45) is 2.74. The van der Waals surface area contributed by atoms with Gasteiger partial charge in [-0.2, -0.15) is 0 Å². The summed E-state index contributed by atoms with van der Waals surface area (Å²) in [6.45, 7) is 5.09. The maximum absolute atomic E-state index is 12.1. The van der Waals surface area contributed by atoms with E-state index in [0.717, 1.165) is 24.5 Å². The summed E-state index contributed by atoms with van der Waals surface area (Å²) >= 11 is 0. The molecule has 0 aliphatic rings. The molecule has 2 heterocycles. The zero-order chi connectivity index (χ0) is 13.8. The van der Waals surface area contributed by atoms with Crippen LogP contribution in [0.15, 0.2) is 28.8 Å². The first-order chi connectivity index (χ1) is 9.10. The molecule has 1 amide bonds. The Morgan fingerprint density at radius 1 is 1.47 bits per heavy atom. The van der Waals surface area contributed by atoms with Gasteiger partial charge in [0.05, 0.1) is 12.2 Å². The summed E-state index contributed by atoms with van der Waals surface area (Å²) in [6, 6.07) is 5.42. The molecule has 0 fully saturated rings. The second-order valence-corrected chi connectivity index (χ2v) is 4.55. The van der Waals surface area contributed by atoms with E-state index < -0.39 is 0 Å². The van der Waals surface area contributed by atoms with E-state index in [4.69, 9.17) is 10.2 Å². The maximum atomic E-state index is 12.1. The normalized spacial score (nSPS) is 10.6. The Balaban J connectivity index is 2.03. The maximum Gasteiger partial charge on any atom is 0.268 e. The fourth-order valence-corrected chi connectivity index (χ4v) is 1.99. The molecule has 2 aromatic heterocycles. The van der Waals surface area contributed by atoms with Gasteiger partial charge in [-0.25, -0.2) is 0 Å². The molecule has 0 aliphatic carbocycles. The van der Waals surface area contributed by atoms with E-state index >= 15 is 0 Å². The number of nitrogens with zero attached hydrogens (tertiary/aromatic N) is 1. The van der Waals surface area contributed by atoms with Crippen molar-refractivity contribution in [1.82, 2.24) is 9.88 Å². The van der Waals surface area contributed by atoms with Gasteiger partial charge < -0.3 is 20.0 Å². The molecule has 0 saturated carbocycles. The lowest BCUT2D eigenvalue weighted by atomic mass is 10.3. The molecule has 2 aromatic rings. The Morgan fingerprint density at radius 2 is 2.26 bits per heavy atom. The van der Waals surface area contributed by atoms with Crippen LogP contribution in [0.3, 0.4) is 0 Å². The highest BCUT2D eigenvalue weighted by Crippen LogP contribution is 2.12. The molecule has 0 radical (unpaired) electrons.